The van der Waals surface area contributed by atoms with Crippen LogP contribution < -0.4 is 0 Å². The van der Waals surface area contributed by atoms with Crippen LogP contribution in [0, 0.1) is 0 Å². The quantitative estimate of drug-likeness (QED) is 0.215. The number of benzene rings is 3. The summed E-state index contributed by atoms with van der Waals surface area (Å²) >= 11 is 0. The Hall–Kier alpha value is -5.52. The van der Waals surface area contributed by atoms with Gasteiger partial charge in [0.25, 0.3) is 0 Å². The highest BCUT2D eigenvalue weighted by Gasteiger charge is 2.16. The summed E-state index contributed by atoms with van der Waals surface area (Å²) in [6.07, 6.45) is 1.02. The molecule has 42 heavy (non-hydrogen) atoms. The molecule has 3 aromatic carbocycles. The van der Waals surface area contributed by atoms with E-state index in [1.165, 1.54) is 12.1 Å². The number of carboxylic acids is 4. The van der Waals surface area contributed by atoms with Crippen LogP contribution >= 0.6 is 0 Å². The lowest BCUT2D eigenvalue weighted by Gasteiger charge is -2.09. The first-order valence-electron chi connectivity index (χ1n) is 12.5. The monoisotopic (exact) mass is 580 g/mol. The second-order valence-corrected chi connectivity index (χ2v) is 8.55. The molecule has 2 aliphatic heterocycles. The Labute approximate surface area is 239 Å². The van der Waals surface area contributed by atoms with Crippen molar-refractivity contribution in [2.75, 3.05) is 13.2 Å². The van der Waals surface area contributed by atoms with E-state index in [0.717, 1.165) is 0 Å². The van der Waals surface area contributed by atoms with Gasteiger partial charge < -0.3 is 29.9 Å². The highest BCUT2D eigenvalue weighted by atomic mass is 16.6. The van der Waals surface area contributed by atoms with Crippen LogP contribution in [0.1, 0.15) is 67.1 Å². The maximum Gasteiger partial charge on any atom is 0.338 e. The van der Waals surface area contributed by atoms with E-state index in [1.54, 1.807) is 60.7 Å². The Balaban J connectivity index is 0.000000231. The molecule has 5 rings (SSSR count). The van der Waals surface area contributed by atoms with Gasteiger partial charge in [-0.1, -0.05) is 36.4 Å². The average Bonchev–Trinajstić information content (AvgIpc) is 2.97. The van der Waals surface area contributed by atoms with Crippen LogP contribution in [-0.2, 0) is 19.1 Å². The number of carbonyl (C=O) groups is 6. The fourth-order valence-electron chi connectivity index (χ4n) is 3.54. The number of hydrogen-bond acceptors (Lipinski definition) is 8. The van der Waals surface area contributed by atoms with Crippen molar-refractivity contribution in [1.82, 2.24) is 0 Å². The van der Waals surface area contributed by atoms with Crippen molar-refractivity contribution >= 4 is 35.8 Å². The Kier molecular flexibility index (Phi) is 12.9. The number of unbranched alkanes of at least 4 members (excludes halogenated alkanes) is 1. The fourth-order valence-corrected chi connectivity index (χ4v) is 3.54. The SMILES string of the molecule is O=C(O)CCCCC(=O)O.O=C(O)c1ccccc1-c1ccccc1C(=O)O.O=C1OCCOC(=O)c2ccc1cc2. The Morgan fingerprint density at radius 2 is 0.881 bits per heavy atom. The van der Waals surface area contributed by atoms with Gasteiger partial charge in [0.1, 0.15) is 13.2 Å². The Morgan fingerprint density at radius 1 is 0.548 bits per heavy atom. The van der Waals surface area contributed by atoms with E-state index in [0.29, 0.717) is 35.1 Å². The largest absolute Gasteiger partial charge is 0.481 e. The third kappa shape index (κ3) is 10.6. The third-order valence-corrected chi connectivity index (χ3v) is 5.54. The van der Waals surface area contributed by atoms with Crippen LogP contribution in [0.5, 0.6) is 0 Å². The van der Waals surface area contributed by atoms with E-state index < -0.39 is 35.8 Å². The first-order chi connectivity index (χ1) is 20.0. The van der Waals surface area contributed by atoms with E-state index in [2.05, 4.69) is 0 Å². The van der Waals surface area contributed by atoms with E-state index in [4.69, 9.17) is 29.9 Å². The summed E-state index contributed by atoms with van der Waals surface area (Å²) in [5.74, 6) is -4.68. The molecule has 0 radical (unpaired) electrons. The molecule has 3 aromatic rings. The van der Waals surface area contributed by atoms with Crippen LogP contribution in [0.3, 0.4) is 0 Å². The molecule has 0 saturated heterocycles. The molecule has 0 aromatic heterocycles. The van der Waals surface area contributed by atoms with Gasteiger partial charge in [-0.3, -0.25) is 9.59 Å². The summed E-state index contributed by atoms with van der Waals surface area (Å²) in [7, 11) is 0. The van der Waals surface area contributed by atoms with Crippen LogP contribution in [-0.4, -0.2) is 69.5 Å². The maximum absolute atomic E-state index is 11.3. The number of aromatic carboxylic acids is 2. The molecule has 0 spiro atoms. The van der Waals surface area contributed by atoms with Gasteiger partial charge >= 0.3 is 35.8 Å². The maximum atomic E-state index is 11.3. The van der Waals surface area contributed by atoms with Crippen LogP contribution in [0.25, 0.3) is 11.1 Å². The molecule has 0 fully saturated rings. The first-order valence-corrected chi connectivity index (χ1v) is 12.5. The summed E-state index contributed by atoms with van der Waals surface area (Å²) in [5, 5.41) is 34.5. The van der Waals surface area contributed by atoms with E-state index in [1.807, 2.05) is 0 Å². The van der Waals surface area contributed by atoms with Gasteiger partial charge in [-0.25, -0.2) is 19.2 Å². The predicted molar refractivity (Wildman–Crippen MR) is 147 cm³/mol. The van der Waals surface area contributed by atoms with Gasteiger partial charge in [0.05, 0.1) is 22.3 Å². The number of carbonyl (C=O) groups excluding carboxylic acids is 2. The molecule has 2 bridgehead atoms. The topological polar surface area (TPSA) is 202 Å². The number of ether oxygens (including phenoxy) is 2. The fraction of sp³-hybridized carbons (Fsp3) is 0.200. The zero-order valence-electron chi connectivity index (χ0n) is 22.2. The standard InChI is InChI=1S/C14H10O4.C10H8O4.C6H10O4/c15-13(16)11-7-3-1-5-9(11)10-6-2-4-8-12(10)14(17)18;11-9-7-1-2-8(4-3-7)10(12)14-6-5-13-9;7-5(8)3-1-2-4-6(9)10/h1-8H,(H,15,16)(H,17,18);1-4H,5-6H2;1-4H2,(H,7,8)(H,9,10). The first kappa shape index (κ1) is 32.7. The number of carboxylic acid groups (broad SMARTS) is 4. The van der Waals surface area contributed by atoms with Crippen molar-refractivity contribution in [2.24, 2.45) is 0 Å². The second-order valence-electron chi connectivity index (χ2n) is 8.55. The van der Waals surface area contributed by atoms with Gasteiger partial charge in [0.15, 0.2) is 0 Å². The highest BCUT2D eigenvalue weighted by molar-refractivity contribution is 6.02. The van der Waals surface area contributed by atoms with E-state index in [9.17, 15) is 28.8 Å². The Bertz CT molecular complexity index is 1320. The summed E-state index contributed by atoms with van der Waals surface area (Å²) in [4.78, 5) is 64.6. The summed E-state index contributed by atoms with van der Waals surface area (Å²) in [5.41, 5.74) is 1.88. The predicted octanol–water partition coefficient (Wildman–Crippen LogP) is 4.48. The Morgan fingerprint density at radius 3 is 1.19 bits per heavy atom. The molecule has 2 heterocycles. The van der Waals surface area contributed by atoms with Crippen molar-refractivity contribution in [3.05, 3.63) is 95.1 Å². The molecule has 0 aliphatic carbocycles. The second kappa shape index (κ2) is 16.6. The van der Waals surface area contributed by atoms with Crippen LogP contribution in [0.15, 0.2) is 72.8 Å². The van der Waals surface area contributed by atoms with Crippen molar-refractivity contribution in [3.8, 4) is 11.1 Å². The molecule has 2 aliphatic rings. The van der Waals surface area contributed by atoms with Crippen LogP contribution in [0.2, 0.25) is 0 Å². The van der Waals surface area contributed by atoms with Gasteiger partial charge in [-0.2, -0.15) is 0 Å². The number of fused-ring (bicyclic) bond motifs is 7. The highest BCUT2D eigenvalue weighted by Crippen LogP contribution is 2.27. The minimum atomic E-state index is -1.08. The van der Waals surface area contributed by atoms with Gasteiger partial charge in [-0.15, -0.1) is 0 Å². The summed E-state index contributed by atoms with van der Waals surface area (Å²) in [6, 6.07) is 18.9. The third-order valence-electron chi connectivity index (χ3n) is 5.54. The molecule has 0 saturated carbocycles. The average molecular weight is 581 g/mol. The normalized spacial score (nSPS) is 11.8. The molecular weight excluding hydrogens is 552 g/mol. The molecule has 0 atom stereocenters. The van der Waals surface area contributed by atoms with Gasteiger partial charge in [-0.05, 0) is 60.4 Å². The van der Waals surface area contributed by atoms with Crippen molar-refractivity contribution in [3.63, 3.8) is 0 Å². The van der Waals surface area contributed by atoms with E-state index in [-0.39, 0.29) is 37.2 Å². The van der Waals surface area contributed by atoms with Crippen LogP contribution in [0.4, 0.5) is 0 Å². The van der Waals surface area contributed by atoms with E-state index >= 15 is 0 Å². The molecule has 4 N–H and O–H groups in total. The lowest BCUT2D eigenvalue weighted by Crippen LogP contribution is -2.16. The van der Waals surface area contributed by atoms with Crippen molar-refractivity contribution in [2.45, 2.75) is 25.7 Å². The lowest BCUT2D eigenvalue weighted by molar-refractivity contribution is -0.139. The molecule has 220 valence electrons. The number of aliphatic carboxylic acids is 2. The van der Waals surface area contributed by atoms with Gasteiger partial charge in [0, 0.05) is 12.8 Å². The zero-order valence-corrected chi connectivity index (χ0v) is 22.2. The molecule has 0 amide bonds. The smallest absolute Gasteiger partial charge is 0.338 e. The van der Waals surface area contributed by atoms with Crippen molar-refractivity contribution < 1.29 is 58.7 Å². The lowest BCUT2D eigenvalue weighted by atomic mass is 9.95. The van der Waals surface area contributed by atoms with Gasteiger partial charge in [0.2, 0.25) is 0 Å². The molecule has 12 nitrogen and oxygen atoms in total. The molecule has 12 heteroatoms. The van der Waals surface area contributed by atoms with Crippen molar-refractivity contribution in [1.29, 1.82) is 0 Å². The zero-order chi connectivity index (χ0) is 31.1. The minimum Gasteiger partial charge on any atom is -0.481 e. The molecular formula is C30H28O12. The number of esters is 2. The summed E-state index contributed by atoms with van der Waals surface area (Å²) < 4.78 is 9.66. The minimum absolute atomic E-state index is 0.0628. The summed E-state index contributed by atoms with van der Waals surface area (Å²) in [6.45, 7) is 0.200. The number of rotatable bonds is 8. The molecule has 0 unspecified atom stereocenters. The number of hydrogen-bond donors (Lipinski definition) is 4.